The van der Waals surface area contributed by atoms with Gasteiger partial charge in [-0.05, 0) is 99.5 Å². The van der Waals surface area contributed by atoms with Gasteiger partial charge in [0.25, 0.3) is 0 Å². The zero-order valence-electron chi connectivity index (χ0n) is 25.0. The number of rotatable bonds is 10. The van der Waals surface area contributed by atoms with E-state index in [1.165, 1.54) is 14.7 Å². The monoisotopic (exact) mass is 697 g/mol. The van der Waals surface area contributed by atoms with Gasteiger partial charge in [0.2, 0.25) is 5.91 Å². The van der Waals surface area contributed by atoms with Crippen LogP contribution in [0.2, 0.25) is 0 Å². The normalized spacial score (nSPS) is 15.9. The predicted molar refractivity (Wildman–Crippen MR) is 181 cm³/mol. The molecule has 0 bridgehead atoms. The number of amides is 1. The number of carboxylic acids is 1. The molecule has 7 heteroatoms. The number of fused-ring (bicyclic) bond motifs is 1. The van der Waals surface area contributed by atoms with E-state index in [9.17, 15) is 14.7 Å². The Balaban J connectivity index is 1.39. The van der Waals surface area contributed by atoms with Crippen molar-refractivity contribution in [3.05, 3.63) is 128 Å². The summed E-state index contributed by atoms with van der Waals surface area (Å²) in [6, 6.07) is 30.3. The first kappa shape index (κ1) is 31.4. The predicted octanol–water partition coefficient (Wildman–Crippen LogP) is 7.22. The summed E-state index contributed by atoms with van der Waals surface area (Å²) in [6.07, 6.45) is 2.54. The average Bonchev–Trinajstić information content (AvgIpc) is 3.04. The summed E-state index contributed by atoms with van der Waals surface area (Å²) in [5, 5.41) is 22.1. The molecule has 1 aliphatic rings. The van der Waals surface area contributed by atoms with Crippen molar-refractivity contribution in [1.82, 2.24) is 10.2 Å². The van der Waals surface area contributed by atoms with Gasteiger partial charge in [0, 0.05) is 22.6 Å². The highest BCUT2D eigenvalue weighted by atomic mass is 127. The lowest BCUT2D eigenvalue weighted by Crippen LogP contribution is -2.55. The number of hydrogen-bond donors (Lipinski definition) is 2. The number of carbonyl (C=O) groups excluding carboxylic acids is 1. The van der Waals surface area contributed by atoms with E-state index < -0.39 is 18.1 Å². The molecule has 1 heterocycles. The van der Waals surface area contributed by atoms with Gasteiger partial charge in [-0.25, -0.2) is 4.79 Å². The maximum atomic E-state index is 14.1. The molecule has 0 radical (unpaired) electrons. The second-order valence-electron chi connectivity index (χ2n) is 11.5. The molecule has 1 amide bonds. The van der Waals surface area contributed by atoms with E-state index in [-0.39, 0.29) is 18.4 Å². The van der Waals surface area contributed by atoms with Gasteiger partial charge < -0.3 is 10.4 Å². The van der Waals surface area contributed by atoms with Gasteiger partial charge in [0.1, 0.15) is 6.04 Å². The molecule has 4 aromatic carbocycles. The molecule has 6 nitrogen and oxygen atoms in total. The Hall–Kier alpha value is -4.00. The smallest absolute Gasteiger partial charge is 0.326 e. The highest BCUT2D eigenvalue weighted by Gasteiger charge is 2.38. The van der Waals surface area contributed by atoms with Crippen molar-refractivity contribution >= 4 is 34.5 Å². The van der Waals surface area contributed by atoms with Gasteiger partial charge in [-0.1, -0.05) is 86.1 Å². The van der Waals surface area contributed by atoms with E-state index in [1.807, 2.05) is 54.6 Å². The molecule has 0 saturated heterocycles. The Labute approximate surface area is 272 Å². The maximum Gasteiger partial charge on any atom is 0.326 e. The van der Waals surface area contributed by atoms with Crippen molar-refractivity contribution < 1.29 is 14.7 Å². The van der Waals surface area contributed by atoms with Crippen LogP contribution in [0.15, 0.2) is 91.0 Å². The van der Waals surface area contributed by atoms with E-state index >= 15 is 0 Å². The van der Waals surface area contributed by atoms with Gasteiger partial charge >= 0.3 is 5.97 Å². The largest absolute Gasteiger partial charge is 0.480 e. The van der Waals surface area contributed by atoms with E-state index in [0.29, 0.717) is 18.5 Å². The van der Waals surface area contributed by atoms with Crippen molar-refractivity contribution in [2.24, 2.45) is 0 Å². The molecule has 0 spiro atoms. The standard InChI is InChI=1S/C37H36IN3O3/c1-3-7-34(29-8-5-4-6-9-29)41-23-31-20-32(38)24(2)18-30(31)21-35(41)36(42)40-33(37(43)44)19-25-10-14-27(15-11-25)28-16-12-26(22-39)13-17-28/h4-6,8-18,20,33-35H,3,7,19,21,23H2,1-2H3,(H,40,42)(H,43,44)/t33-,34-,35-/m0/s1. The van der Waals surface area contributed by atoms with Crippen LogP contribution in [-0.2, 0) is 29.0 Å². The first-order valence-electron chi connectivity index (χ1n) is 15.0. The van der Waals surface area contributed by atoms with Crippen LogP contribution in [0.25, 0.3) is 11.1 Å². The van der Waals surface area contributed by atoms with Crippen LogP contribution in [0.4, 0.5) is 0 Å². The molecule has 1 aliphatic heterocycles. The Kier molecular flexibility index (Phi) is 10.1. The molecule has 5 rings (SSSR count). The highest BCUT2D eigenvalue weighted by Crippen LogP contribution is 2.36. The number of aryl methyl sites for hydroxylation is 1. The van der Waals surface area contributed by atoms with Gasteiger partial charge in [-0.3, -0.25) is 9.69 Å². The van der Waals surface area contributed by atoms with E-state index in [4.69, 9.17) is 5.26 Å². The third-order valence-electron chi connectivity index (χ3n) is 8.45. The molecule has 224 valence electrons. The lowest BCUT2D eigenvalue weighted by Gasteiger charge is -2.42. The number of hydrogen-bond acceptors (Lipinski definition) is 4. The van der Waals surface area contributed by atoms with Crippen molar-refractivity contribution in [2.75, 3.05) is 0 Å². The van der Waals surface area contributed by atoms with Crippen LogP contribution in [0.1, 0.15) is 59.2 Å². The summed E-state index contributed by atoms with van der Waals surface area (Å²) < 4.78 is 1.20. The molecule has 4 aromatic rings. The summed E-state index contributed by atoms with van der Waals surface area (Å²) in [4.78, 5) is 28.8. The van der Waals surface area contributed by atoms with E-state index in [1.54, 1.807) is 12.1 Å². The third-order valence-corrected chi connectivity index (χ3v) is 9.61. The number of aliphatic carboxylic acids is 1. The van der Waals surface area contributed by atoms with Crippen molar-refractivity contribution in [2.45, 2.75) is 64.2 Å². The number of benzene rings is 4. The molecule has 0 unspecified atom stereocenters. The Morgan fingerprint density at radius 2 is 1.66 bits per heavy atom. The minimum Gasteiger partial charge on any atom is -0.480 e. The molecule has 0 saturated carbocycles. The fourth-order valence-electron chi connectivity index (χ4n) is 6.07. The quantitative estimate of drug-likeness (QED) is 0.171. The van der Waals surface area contributed by atoms with Crippen molar-refractivity contribution in [1.29, 1.82) is 5.26 Å². The molecule has 0 aromatic heterocycles. The highest BCUT2D eigenvalue weighted by molar-refractivity contribution is 14.1. The SMILES string of the molecule is CCC[C@@H](c1ccccc1)N1Cc2cc(I)c(C)cc2C[C@H]1C(=O)N[C@@H](Cc1ccc(-c2ccc(C#N)cc2)cc1)C(=O)O. The minimum absolute atomic E-state index is 0.0297. The Bertz CT molecular complexity index is 1660. The molecule has 0 fully saturated rings. The Morgan fingerprint density at radius 3 is 2.27 bits per heavy atom. The van der Waals surface area contributed by atoms with Crippen LogP contribution in [0, 0.1) is 21.8 Å². The molecule has 0 aliphatic carbocycles. The lowest BCUT2D eigenvalue weighted by molar-refractivity contribution is -0.143. The summed E-state index contributed by atoms with van der Waals surface area (Å²) in [7, 11) is 0. The van der Waals surface area contributed by atoms with Crippen molar-refractivity contribution in [3.63, 3.8) is 0 Å². The fourth-order valence-corrected chi connectivity index (χ4v) is 6.60. The molecular formula is C37H36IN3O3. The number of halogens is 1. The van der Waals surface area contributed by atoms with Gasteiger partial charge in [-0.15, -0.1) is 0 Å². The van der Waals surface area contributed by atoms with E-state index in [2.05, 4.69) is 77.0 Å². The number of carbonyl (C=O) groups is 2. The van der Waals surface area contributed by atoms with Crippen LogP contribution >= 0.6 is 22.6 Å². The van der Waals surface area contributed by atoms with Crippen LogP contribution < -0.4 is 5.32 Å². The second-order valence-corrected chi connectivity index (χ2v) is 12.6. The van der Waals surface area contributed by atoms with Crippen LogP contribution in [0.3, 0.4) is 0 Å². The minimum atomic E-state index is -1.06. The molecule has 3 atom stereocenters. The summed E-state index contributed by atoms with van der Waals surface area (Å²) in [5.74, 6) is -1.32. The molecule has 2 N–H and O–H groups in total. The first-order chi connectivity index (χ1) is 21.3. The molecule has 44 heavy (non-hydrogen) atoms. The zero-order chi connectivity index (χ0) is 31.2. The number of nitrogens with zero attached hydrogens (tertiary/aromatic N) is 2. The van der Waals surface area contributed by atoms with Gasteiger partial charge in [-0.2, -0.15) is 5.26 Å². The van der Waals surface area contributed by atoms with Gasteiger partial charge in [0.15, 0.2) is 0 Å². The summed E-state index contributed by atoms with van der Waals surface area (Å²) in [6.45, 7) is 4.86. The first-order valence-corrected chi connectivity index (χ1v) is 16.1. The van der Waals surface area contributed by atoms with Crippen LogP contribution in [-0.4, -0.2) is 34.0 Å². The topological polar surface area (TPSA) is 93.4 Å². The third kappa shape index (κ3) is 7.20. The van der Waals surface area contributed by atoms with Crippen molar-refractivity contribution in [3.8, 4) is 17.2 Å². The fraction of sp³-hybridized carbons (Fsp3) is 0.270. The zero-order valence-corrected chi connectivity index (χ0v) is 27.1. The number of nitriles is 1. The summed E-state index contributed by atoms with van der Waals surface area (Å²) in [5.41, 5.74) is 8.07. The number of nitrogens with one attached hydrogen (secondary N) is 1. The Morgan fingerprint density at radius 1 is 1.00 bits per heavy atom. The van der Waals surface area contributed by atoms with Crippen LogP contribution in [0.5, 0.6) is 0 Å². The lowest BCUT2D eigenvalue weighted by atomic mass is 9.88. The average molecular weight is 698 g/mol. The second kappa shape index (κ2) is 14.2. The maximum absolute atomic E-state index is 14.1. The number of carboxylic acid groups (broad SMARTS) is 1. The van der Waals surface area contributed by atoms with E-state index in [0.717, 1.165) is 40.7 Å². The summed E-state index contributed by atoms with van der Waals surface area (Å²) >= 11 is 2.37. The molecular weight excluding hydrogens is 661 g/mol. The van der Waals surface area contributed by atoms with Gasteiger partial charge in [0.05, 0.1) is 17.7 Å².